The molecule has 1 atom stereocenters. The number of rotatable bonds is 7. The Bertz CT molecular complexity index is 510. The molecule has 0 aromatic heterocycles. The summed E-state index contributed by atoms with van der Waals surface area (Å²) in [7, 11) is 2.08. The fourth-order valence-electron chi connectivity index (χ4n) is 2.90. The van der Waals surface area contributed by atoms with Crippen molar-refractivity contribution in [1.29, 1.82) is 0 Å². The van der Waals surface area contributed by atoms with Gasteiger partial charge in [-0.15, -0.1) is 0 Å². The quantitative estimate of drug-likeness (QED) is 0.836. The Morgan fingerprint density at radius 3 is 2.87 bits per heavy atom. The zero-order valence-electron chi connectivity index (χ0n) is 14.7. The molecule has 4 nitrogen and oxygen atoms in total. The van der Waals surface area contributed by atoms with Gasteiger partial charge in [-0.25, -0.2) is 0 Å². The summed E-state index contributed by atoms with van der Waals surface area (Å²) < 4.78 is 5.75. The molecule has 1 aliphatic heterocycles. The number of amides is 1. The number of carbonyl (C=O) groups excluding carboxylic acids is 1. The van der Waals surface area contributed by atoms with E-state index in [0.29, 0.717) is 12.5 Å². The highest BCUT2D eigenvalue weighted by Gasteiger charge is 2.14. The average Bonchev–Trinajstić information content (AvgIpc) is 2.56. The van der Waals surface area contributed by atoms with Gasteiger partial charge < -0.3 is 15.0 Å². The minimum absolute atomic E-state index is 0.0828. The number of aryl methyl sites for hydroxylation is 1. The van der Waals surface area contributed by atoms with E-state index in [4.69, 9.17) is 4.74 Å². The Morgan fingerprint density at radius 1 is 1.30 bits per heavy atom. The molecular formula is C19H30N2O2. The molecule has 0 bridgehead atoms. The van der Waals surface area contributed by atoms with Crippen LogP contribution in [0.25, 0.3) is 0 Å². The van der Waals surface area contributed by atoms with E-state index >= 15 is 0 Å². The van der Waals surface area contributed by atoms with Crippen molar-refractivity contribution in [3.05, 3.63) is 29.3 Å². The van der Waals surface area contributed by atoms with Crippen LogP contribution in [0.2, 0.25) is 0 Å². The van der Waals surface area contributed by atoms with Crippen molar-refractivity contribution in [3.63, 3.8) is 0 Å². The minimum atomic E-state index is 0.0828. The number of ether oxygens (including phenoxy) is 1. The summed E-state index contributed by atoms with van der Waals surface area (Å²) >= 11 is 0. The molecule has 0 saturated carbocycles. The molecule has 1 N–H and O–H groups in total. The maximum atomic E-state index is 12.1. The van der Waals surface area contributed by atoms with Gasteiger partial charge in [0, 0.05) is 31.8 Å². The largest absolute Gasteiger partial charge is 0.378 e. The van der Waals surface area contributed by atoms with Crippen LogP contribution in [0.15, 0.2) is 18.2 Å². The monoisotopic (exact) mass is 318 g/mol. The Kier molecular flexibility index (Phi) is 7.06. The van der Waals surface area contributed by atoms with Crippen LogP contribution in [0.1, 0.15) is 43.2 Å². The summed E-state index contributed by atoms with van der Waals surface area (Å²) in [6.07, 6.45) is 5.66. The van der Waals surface area contributed by atoms with Crippen LogP contribution in [0.4, 0.5) is 5.69 Å². The maximum Gasteiger partial charge on any atom is 0.225 e. The molecule has 1 amide bonds. The van der Waals surface area contributed by atoms with Gasteiger partial charge in [-0.05, 0) is 63.8 Å². The van der Waals surface area contributed by atoms with Crippen LogP contribution in [-0.4, -0.2) is 43.7 Å². The second-order valence-corrected chi connectivity index (χ2v) is 6.63. The Morgan fingerprint density at radius 2 is 2.13 bits per heavy atom. The van der Waals surface area contributed by atoms with Gasteiger partial charge in [0.1, 0.15) is 0 Å². The number of carbonyl (C=O) groups is 1. The van der Waals surface area contributed by atoms with Gasteiger partial charge in [0.25, 0.3) is 0 Å². The van der Waals surface area contributed by atoms with Crippen molar-refractivity contribution in [3.8, 4) is 0 Å². The molecule has 0 radical (unpaired) electrons. The molecule has 1 aromatic carbocycles. The van der Waals surface area contributed by atoms with E-state index in [1.165, 1.54) is 24.8 Å². The number of nitrogens with one attached hydrogen (secondary N) is 1. The molecule has 1 aromatic rings. The van der Waals surface area contributed by atoms with Crippen molar-refractivity contribution in [2.24, 2.45) is 0 Å². The molecular weight excluding hydrogens is 288 g/mol. The normalized spacial score (nSPS) is 18.2. The van der Waals surface area contributed by atoms with E-state index in [0.717, 1.165) is 37.4 Å². The van der Waals surface area contributed by atoms with E-state index in [1.54, 1.807) is 0 Å². The van der Waals surface area contributed by atoms with Gasteiger partial charge in [-0.3, -0.25) is 4.79 Å². The van der Waals surface area contributed by atoms with Crippen molar-refractivity contribution in [2.75, 3.05) is 32.1 Å². The van der Waals surface area contributed by atoms with Crippen LogP contribution in [-0.2, 0) is 9.53 Å². The molecule has 128 valence electrons. The van der Waals surface area contributed by atoms with Crippen LogP contribution < -0.4 is 5.32 Å². The van der Waals surface area contributed by atoms with Gasteiger partial charge in [0.05, 0.1) is 6.10 Å². The molecule has 1 saturated heterocycles. The van der Waals surface area contributed by atoms with Crippen molar-refractivity contribution >= 4 is 11.6 Å². The van der Waals surface area contributed by atoms with Gasteiger partial charge in [-0.1, -0.05) is 12.1 Å². The smallest absolute Gasteiger partial charge is 0.225 e. The van der Waals surface area contributed by atoms with E-state index in [-0.39, 0.29) is 5.91 Å². The van der Waals surface area contributed by atoms with Gasteiger partial charge >= 0.3 is 0 Å². The molecule has 4 heteroatoms. The third kappa shape index (κ3) is 5.96. The molecule has 0 aliphatic carbocycles. The molecule has 1 heterocycles. The molecule has 2 rings (SSSR count). The summed E-state index contributed by atoms with van der Waals surface area (Å²) in [5.41, 5.74) is 3.27. The maximum absolute atomic E-state index is 12.1. The topological polar surface area (TPSA) is 41.6 Å². The zero-order chi connectivity index (χ0) is 16.7. The molecule has 1 fully saturated rings. The van der Waals surface area contributed by atoms with Crippen LogP contribution in [0.3, 0.4) is 0 Å². The molecule has 1 aliphatic rings. The highest BCUT2D eigenvalue weighted by molar-refractivity contribution is 5.91. The van der Waals surface area contributed by atoms with E-state index < -0.39 is 0 Å². The van der Waals surface area contributed by atoms with E-state index in [1.807, 2.05) is 19.1 Å². The molecule has 0 spiro atoms. The lowest BCUT2D eigenvalue weighted by molar-refractivity contribution is -0.116. The second-order valence-electron chi connectivity index (χ2n) is 6.63. The Labute approximate surface area is 140 Å². The first-order valence-electron chi connectivity index (χ1n) is 8.72. The summed E-state index contributed by atoms with van der Waals surface area (Å²) in [4.78, 5) is 14.3. The van der Waals surface area contributed by atoms with Crippen molar-refractivity contribution < 1.29 is 9.53 Å². The van der Waals surface area contributed by atoms with Crippen LogP contribution in [0.5, 0.6) is 0 Å². The van der Waals surface area contributed by atoms with E-state index in [2.05, 4.69) is 30.3 Å². The number of nitrogens with zero attached hydrogens (tertiary/aromatic N) is 1. The van der Waals surface area contributed by atoms with Crippen LogP contribution in [0, 0.1) is 13.8 Å². The molecule has 23 heavy (non-hydrogen) atoms. The average molecular weight is 318 g/mol. The van der Waals surface area contributed by atoms with Crippen molar-refractivity contribution in [2.45, 2.75) is 52.1 Å². The highest BCUT2D eigenvalue weighted by atomic mass is 16.5. The van der Waals surface area contributed by atoms with Crippen LogP contribution >= 0.6 is 0 Å². The fourth-order valence-corrected chi connectivity index (χ4v) is 2.90. The summed E-state index contributed by atoms with van der Waals surface area (Å²) in [6.45, 7) is 6.78. The van der Waals surface area contributed by atoms with E-state index in [9.17, 15) is 4.79 Å². The summed E-state index contributed by atoms with van der Waals surface area (Å²) in [5, 5.41) is 3.02. The predicted molar refractivity (Wildman–Crippen MR) is 94.9 cm³/mol. The second kappa shape index (κ2) is 9.04. The van der Waals surface area contributed by atoms with Crippen molar-refractivity contribution in [1.82, 2.24) is 4.90 Å². The zero-order valence-corrected chi connectivity index (χ0v) is 14.7. The lowest BCUT2D eigenvalue weighted by Crippen LogP contribution is -2.29. The SMILES string of the molecule is Cc1cccc(NC(=O)CCN(C)CCC2CCCCO2)c1C. The lowest BCUT2D eigenvalue weighted by atomic mass is 10.1. The first-order chi connectivity index (χ1) is 11.1. The summed E-state index contributed by atoms with van der Waals surface area (Å²) in [6, 6.07) is 6.00. The predicted octanol–water partition coefficient (Wildman–Crippen LogP) is 3.52. The minimum Gasteiger partial charge on any atom is -0.378 e. The lowest BCUT2D eigenvalue weighted by Gasteiger charge is -2.25. The Hall–Kier alpha value is -1.39. The fraction of sp³-hybridized carbons (Fsp3) is 0.632. The highest BCUT2D eigenvalue weighted by Crippen LogP contribution is 2.18. The Balaban J connectivity index is 1.68. The number of benzene rings is 1. The molecule has 1 unspecified atom stereocenters. The van der Waals surface area contributed by atoms with Gasteiger partial charge in [-0.2, -0.15) is 0 Å². The summed E-state index contributed by atoms with van der Waals surface area (Å²) in [5.74, 6) is 0.0828. The first kappa shape index (κ1) is 18.0. The number of hydrogen-bond acceptors (Lipinski definition) is 3. The van der Waals surface area contributed by atoms with Gasteiger partial charge in [0.2, 0.25) is 5.91 Å². The third-order valence-electron chi connectivity index (χ3n) is 4.71. The van der Waals surface area contributed by atoms with Gasteiger partial charge in [0.15, 0.2) is 0 Å². The number of anilines is 1. The third-order valence-corrected chi connectivity index (χ3v) is 4.71. The number of hydrogen-bond donors (Lipinski definition) is 1. The first-order valence-corrected chi connectivity index (χ1v) is 8.72. The standard InChI is InChI=1S/C19H30N2O2/c1-15-7-6-9-18(16(15)2)20-19(22)11-13-21(3)12-10-17-8-4-5-14-23-17/h6-7,9,17H,4-5,8,10-14H2,1-3H3,(H,20,22).